The molecule has 0 fully saturated rings. The third-order valence-corrected chi connectivity index (χ3v) is 4.81. The van der Waals surface area contributed by atoms with Crippen LogP contribution in [-0.2, 0) is 18.7 Å². The summed E-state index contributed by atoms with van der Waals surface area (Å²) in [5.41, 5.74) is 3.95. The summed E-state index contributed by atoms with van der Waals surface area (Å²) in [6, 6.07) is 2.25. The Balaban J connectivity index is 3.25. The molecular weight excluding hydrogens is 375 g/mol. The fourth-order valence-electron chi connectivity index (χ4n) is 2.12. The third-order valence-electron chi connectivity index (χ3n) is 2.88. The average molecular weight is 397 g/mol. The first-order valence-corrected chi connectivity index (χ1v) is 8.53. The normalized spacial score (nSPS) is 11.6. The molecule has 0 N–H and O–H groups in total. The molecule has 1 aromatic rings. The Kier molecular flexibility index (Phi) is 6.71. The first kappa shape index (κ1) is 16.5. The Labute approximate surface area is 133 Å². The molecule has 1 aromatic carbocycles. The van der Waals surface area contributed by atoms with Gasteiger partial charge in [-0.15, -0.1) is 11.6 Å². The van der Waals surface area contributed by atoms with Gasteiger partial charge in [-0.05, 0) is 47.4 Å². The summed E-state index contributed by atoms with van der Waals surface area (Å²) in [5.74, 6) is 1.85. The van der Waals surface area contributed by atoms with Crippen LogP contribution in [0, 0.1) is 11.8 Å². The highest BCUT2D eigenvalue weighted by molar-refractivity contribution is 9.11. The minimum atomic E-state index is 0.570. The van der Waals surface area contributed by atoms with Gasteiger partial charge in [0.1, 0.15) is 0 Å². The zero-order chi connectivity index (χ0) is 13.9. The van der Waals surface area contributed by atoms with Crippen LogP contribution in [0.3, 0.4) is 0 Å². The van der Waals surface area contributed by atoms with Gasteiger partial charge in [-0.2, -0.15) is 0 Å². The molecule has 0 bridgehead atoms. The summed E-state index contributed by atoms with van der Waals surface area (Å²) in [7, 11) is 0. The predicted octanol–water partition coefficient (Wildman–Crippen LogP) is 6.35. The van der Waals surface area contributed by atoms with E-state index in [1.807, 2.05) is 0 Å². The van der Waals surface area contributed by atoms with E-state index in [-0.39, 0.29) is 0 Å². The van der Waals surface area contributed by atoms with Gasteiger partial charge >= 0.3 is 0 Å². The van der Waals surface area contributed by atoms with E-state index in [0.29, 0.717) is 17.7 Å². The fourth-order valence-corrected chi connectivity index (χ4v) is 4.26. The van der Waals surface area contributed by atoms with Crippen molar-refractivity contribution in [1.82, 2.24) is 0 Å². The topological polar surface area (TPSA) is 0 Å². The summed E-state index contributed by atoms with van der Waals surface area (Å²) in [6.07, 6.45) is 2.13. The molecule has 0 saturated carbocycles. The molecule has 0 atom stereocenters. The van der Waals surface area contributed by atoms with Crippen molar-refractivity contribution in [2.45, 2.75) is 46.4 Å². The van der Waals surface area contributed by atoms with Crippen molar-refractivity contribution in [3.05, 3.63) is 31.7 Å². The average Bonchev–Trinajstić information content (AvgIpc) is 2.23. The zero-order valence-electron chi connectivity index (χ0n) is 11.5. The Hall–Kier alpha value is 0.470. The number of benzene rings is 1. The molecule has 3 heteroatoms. The molecule has 0 heterocycles. The van der Waals surface area contributed by atoms with Crippen molar-refractivity contribution in [1.29, 1.82) is 0 Å². The van der Waals surface area contributed by atoms with Crippen molar-refractivity contribution in [2.24, 2.45) is 11.8 Å². The van der Waals surface area contributed by atoms with Crippen LogP contribution in [0.5, 0.6) is 0 Å². The van der Waals surface area contributed by atoms with Crippen molar-refractivity contribution >= 4 is 43.5 Å². The summed E-state index contributed by atoms with van der Waals surface area (Å²) in [6.45, 7) is 8.95. The molecule has 0 nitrogen and oxygen atoms in total. The summed E-state index contributed by atoms with van der Waals surface area (Å²) in [4.78, 5) is 0. The minimum absolute atomic E-state index is 0.570. The maximum atomic E-state index is 6.14. The van der Waals surface area contributed by atoms with Gasteiger partial charge in [-0.25, -0.2) is 0 Å². The van der Waals surface area contributed by atoms with Gasteiger partial charge in [-0.3, -0.25) is 0 Å². The molecule has 0 aliphatic carbocycles. The monoisotopic (exact) mass is 394 g/mol. The zero-order valence-corrected chi connectivity index (χ0v) is 15.4. The van der Waals surface area contributed by atoms with E-state index in [9.17, 15) is 0 Å². The lowest BCUT2D eigenvalue weighted by Gasteiger charge is -2.18. The maximum absolute atomic E-state index is 6.14. The largest absolute Gasteiger partial charge is 0.121 e. The van der Waals surface area contributed by atoms with Crippen molar-refractivity contribution in [3.63, 3.8) is 0 Å². The van der Waals surface area contributed by atoms with Crippen LogP contribution in [0.4, 0.5) is 0 Å². The molecule has 18 heavy (non-hydrogen) atoms. The molecule has 0 radical (unpaired) electrons. The number of rotatable bonds is 5. The van der Waals surface area contributed by atoms with Crippen molar-refractivity contribution < 1.29 is 0 Å². The highest BCUT2D eigenvalue weighted by atomic mass is 79.9. The number of halogens is 3. The lowest BCUT2D eigenvalue weighted by Crippen LogP contribution is -2.04. The van der Waals surface area contributed by atoms with Gasteiger partial charge < -0.3 is 0 Å². The highest BCUT2D eigenvalue weighted by Gasteiger charge is 2.16. The van der Waals surface area contributed by atoms with E-state index in [1.165, 1.54) is 25.6 Å². The van der Waals surface area contributed by atoms with Gasteiger partial charge in [0.05, 0.1) is 0 Å². The molecule has 0 aliphatic rings. The van der Waals surface area contributed by atoms with Crippen LogP contribution >= 0.6 is 43.5 Å². The molecule has 0 saturated heterocycles. The number of hydrogen-bond donors (Lipinski definition) is 0. The first-order chi connectivity index (χ1) is 8.36. The Morgan fingerprint density at radius 2 is 1.56 bits per heavy atom. The summed E-state index contributed by atoms with van der Waals surface area (Å²) < 4.78 is 2.39. The van der Waals surface area contributed by atoms with Crippen LogP contribution in [0.15, 0.2) is 15.0 Å². The minimum Gasteiger partial charge on any atom is -0.121 e. The molecule has 0 aromatic heterocycles. The first-order valence-electron chi connectivity index (χ1n) is 6.41. The van der Waals surface area contributed by atoms with E-state index in [1.54, 1.807) is 0 Å². The highest BCUT2D eigenvalue weighted by Crippen LogP contribution is 2.35. The molecule has 0 aliphatic heterocycles. The maximum Gasteiger partial charge on any atom is 0.0488 e. The Morgan fingerprint density at radius 1 is 1.00 bits per heavy atom. The predicted molar refractivity (Wildman–Crippen MR) is 88.5 cm³/mol. The van der Waals surface area contributed by atoms with E-state index in [2.05, 4.69) is 65.6 Å². The SMILES string of the molecule is CC(C)Cc1cc(Br)c(CC(C)C)c(Br)c1CCl. The van der Waals surface area contributed by atoms with Gasteiger partial charge in [0.2, 0.25) is 0 Å². The second-order valence-corrected chi connectivity index (χ2v) is 7.53. The lowest BCUT2D eigenvalue weighted by molar-refractivity contribution is 0.634. The van der Waals surface area contributed by atoms with E-state index >= 15 is 0 Å². The van der Waals surface area contributed by atoms with E-state index in [0.717, 1.165) is 12.8 Å². The van der Waals surface area contributed by atoms with Crippen LogP contribution in [0.25, 0.3) is 0 Å². The number of hydrogen-bond acceptors (Lipinski definition) is 0. The molecule has 0 amide bonds. The molecule has 0 spiro atoms. The molecular formula is C15H21Br2Cl. The lowest BCUT2D eigenvalue weighted by atomic mass is 9.94. The van der Waals surface area contributed by atoms with Gasteiger partial charge in [-0.1, -0.05) is 59.6 Å². The third kappa shape index (κ3) is 4.25. The van der Waals surface area contributed by atoms with E-state index < -0.39 is 0 Å². The Morgan fingerprint density at radius 3 is 2.00 bits per heavy atom. The van der Waals surface area contributed by atoms with Gasteiger partial charge in [0.25, 0.3) is 0 Å². The van der Waals surface area contributed by atoms with Crippen LogP contribution in [-0.4, -0.2) is 0 Å². The van der Waals surface area contributed by atoms with Crippen LogP contribution < -0.4 is 0 Å². The quantitative estimate of drug-likeness (QED) is 0.509. The summed E-state index contributed by atoms with van der Waals surface area (Å²) in [5, 5.41) is 0. The summed E-state index contributed by atoms with van der Waals surface area (Å²) >= 11 is 13.6. The number of alkyl halides is 1. The van der Waals surface area contributed by atoms with Crippen molar-refractivity contribution in [2.75, 3.05) is 0 Å². The van der Waals surface area contributed by atoms with Crippen LogP contribution in [0.1, 0.15) is 44.4 Å². The van der Waals surface area contributed by atoms with Crippen molar-refractivity contribution in [3.8, 4) is 0 Å². The molecule has 1 rings (SSSR count). The molecule has 102 valence electrons. The second-order valence-electron chi connectivity index (χ2n) is 5.62. The van der Waals surface area contributed by atoms with E-state index in [4.69, 9.17) is 11.6 Å². The standard InChI is InChI=1S/C15H21Br2Cl/c1-9(2)5-11-7-14(16)12(6-10(3)4)15(17)13(11)8-18/h7,9-10H,5-6,8H2,1-4H3. The Bertz CT molecular complexity index is 411. The second kappa shape index (κ2) is 7.31. The van der Waals surface area contributed by atoms with Gasteiger partial charge in [0, 0.05) is 14.8 Å². The molecule has 0 unspecified atom stereocenters. The fraction of sp³-hybridized carbons (Fsp3) is 0.600. The van der Waals surface area contributed by atoms with Gasteiger partial charge in [0.15, 0.2) is 0 Å². The van der Waals surface area contributed by atoms with Crippen LogP contribution in [0.2, 0.25) is 0 Å². The smallest absolute Gasteiger partial charge is 0.0488 e.